The molecule has 1 amide bonds. The van der Waals surface area contributed by atoms with Crippen LogP contribution in [0.4, 0.5) is 13.2 Å². The maximum Gasteiger partial charge on any atom is 0.417 e. The van der Waals surface area contributed by atoms with Crippen LogP contribution in [0, 0.1) is 13.8 Å². The molecule has 49 heavy (non-hydrogen) atoms. The fraction of sp³-hybridized carbons (Fsp3) is 0.316. The minimum absolute atomic E-state index is 0.0676. The van der Waals surface area contributed by atoms with Crippen LogP contribution in [0.3, 0.4) is 0 Å². The van der Waals surface area contributed by atoms with Crippen LogP contribution >= 0.6 is 0 Å². The SMILES string of the molecule is COc1cc(/C=C/c2cccc(-c3cccc(-c4nc5c(c(OC)n4)CN(C[C@H]4CCC(=O)N4)CC5)c3C)c2C)c(C(F)(F)F)cc1C=O. The van der Waals surface area contributed by atoms with Crippen LogP contribution in [-0.4, -0.2) is 60.4 Å². The number of carbonyl (C=O) groups excluding carboxylic acids is 2. The number of rotatable bonds is 9. The topological polar surface area (TPSA) is 93.7 Å². The van der Waals surface area contributed by atoms with E-state index in [0.717, 1.165) is 76.6 Å². The second-order valence-electron chi connectivity index (χ2n) is 12.4. The number of alkyl halides is 3. The maximum absolute atomic E-state index is 13.9. The number of benzene rings is 3. The summed E-state index contributed by atoms with van der Waals surface area (Å²) < 4.78 is 52.7. The van der Waals surface area contributed by atoms with E-state index in [1.54, 1.807) is 13.2 Å². The molecular formula is C38H37F3N4O4. The summed E-state index contributed by atoms with van der Waals surface area (Å²) in [6.45, 7) is 6.17. The fourth-order valence-electron chi connectivity index (χ4n) is 6.75. The Hall–Kier alpha value is -5.03. The molecule has 8 nitrogen and oxygen atoms in total. The molecule has 3 aromatic carbocycles. The van der Waals surface area contributed by atoms with Crippen molar-refractivity contribution in [3.8, 4) is 34.1 Å². The van der Waals surface area contributed by atoms with Crippen molar-refractivity contribution in [1.29, 1.82) is 0 Å². The molecule has 4 aromatic rings. The molecule has 6 rings (SSSR count). The molecule has 1 N–H and O–H groups in total. The molecule has 1 aromatic heterocycles. The van der Waals surface area contributed by atoms with E-state index in [9.17, 15) is 22.8 Å². The number of methoxy groups -OCH3 is 2. The van der Waals surface area contributed by atoms with E-state index >= 15 is 0 Å². The minimum atomic E-state index is -4.66. The van der Waals surface area contributed by atoms with Gasteiger partial charge >= 0.3 is 6.18 Å². The fourth-order valence-corrected chi connectivity index (χ4v) is 6.75. The number of ether oxygens (including phenoxy) is 2. The smallest absolute Gasteiger partial charge is 0.417 e. The van der Waals surface area contributed by atoms with Gasteiger partial charge in [-0.3, -0.25) is 14.5 Å². The summed E-state index contributed by atoms with van der Waals surface area (Å²) in [6.07, 6.45) is 0.873. The Balaban J connectivity index is 1.31. The second kappa shape index (κ2) is 13.8. The van der Waals surface area contributed by atoms with Crippen molar-refractivity contribution in [2.75, 3.05) is 27.3 Å². The molecule has 1 fully saturated rings. The van der Waals surface area contributed by atoms with Gasteiger partial charge in [0.1, 0.15) is 5.75 Å². The number of aromatic nitrogens is 2. The van der Waals surface area contributed by atoms with E-state index in [1.165, 1.54) is 19.3 Å². The van der Waals surface area contributed by atoms with Gasteiger partial charge in [-0.25, -0.2) is 4.98 Å². The zero-order valence-corrected chi connectivity index (χ0v) is 27.8. The number of hydrogen-bond acceptors (Lipinski definition) is 7. The Labute approximate surface area is 283 Å². The van der Waals surface area contributed by atoms with Crippen LogP contribution < -0.4 is 14.8 Å². The van der Waals surface area contributed by atoms with Crippen LogP contribution in [0.25, 0.3) is 34.7 Å². The highest BCUT2D eigenvalue weighted by Gasteiger charge is 2.34. The van der Waals surface area contributed by atoms with Gasteiger partial charge in [0.15, 0.2) is 12.1 Å². The highest BCUT2D eigenvalue weighted by atomic mass is 19.4. The molecule has 1 atom stereocenters. The van der Waals surface area contributed by atoms with Crippen LogP contribution in [0.15, 0.2) is 48.5 Å². The van der Waals surface area contributed by atoms with Crippen LogP contribution in [0.1, 0.15) is 62.3 Å². The van der Waals surface area contributed by atoms with E-state index in [-0.39, 0.29) is 28.8 Å². The molecule has 1 saturated heterocycles. The second-order valence-corrected chi connectivity index (χ2v) is 12.4. The molecular weight excluding hydrogens is 633 g/mol. The van der Waals surface area contributed by atoms with Crippen molar-refractivity contribution in [3.63, 3.8) is 0 Å². The first kappa shape index (κ1) is 33.9. The number of nitrogens with one attached hydrogen (secondary N) is 1. The lowest BCUT2D eigenvalue weighted by molar-refractivity contribution is -0.137. The largest absolute Gasteiger partial charge is 0.496 e. The summed E-state index contributed by atoms with van der Waals surface area (Å²) in [4.78, 5) is 35.2. The maximum atomic E-state index is 13.9. The minimum Gasteiger partial charge on any atom is -0.496 e. The van der Waals surface area contributed by atoms with E-state index < -0.39 is 11.7 Å². The summed E-state index contributed by atoms with van der Waals surface area (Å²) in [7, 11) is 2.92. The summed E-state index contributed by atoms with van der Waals surface area (Å²) in [6, 6.07) is 13.8. The molecule has 2 aliphatic rings. The molecule has 0 bridgehead atoms. The highest BCUT2D eigenvalue weighted by molar-refractivity contribution is 5.85. The van der Waals surface area contributed by atoms with Crippen molar-refractivity contribution in [2.45, 2.75) is 51.9 Å². The van der Waals surface area contributed by atoms with Crippen molar-refractivity contribution < 1.29 is 32.2 Å². The Morgan fingerprint density at radius 3 is 2.31 bits per heavy atom. The molecule has 254 valence electrons. The average molecular weight is 671 g/mol. The monoisotopic (exact) mass is 670 g/mol. The van der Waals surface area contributed by atoms with Gasteiger partial charge in [0.2, 0.25) is 11.8 Å². The number of fused-ring (bicyclic) bond motifs is 1. The highest BCUT2D eigenvalue weighted by Crippen LogP contribution is 2.38. The zero-order valence-electron chi connectivity index (χ0n) is 27.8. The zero-order chi connectivity index (χ0) is 34.9. The molecule has 0 unspecified atom stereocenters. The molecule has 3 heterocycles. The molecule has 2 aliphatic heterocycles. The molecule has 0 radical (unpaired) electrons. The lowest BCUT2D eigenvalue weighted by Gasteiger charge is -2.31. The van der Waals surface area contributed by atoms with Crippen molar-refractivity contribution in [3.05, 3.63) is 93.2 Å². The number of amides is 1. The number of halogens is 3. The van der Waals surface area contributed by atoms with Gasteiger partial charge in [-0.15, -0.1) is 0 Å². The van der Waals surface area contributed by atoms with E-state index in [1.807, 2.05) is 50.2 Å². The Morgan fingerprint density at radius 1 is 0.918 bits per heavy atom. The van der Waals surface area contributed by atoms with Crippen molar-refractivity contribution >= 4 is 24.3 Å². The van der Waals surface area contributed by atoms with Crippen LogP contribution in [-0.2, 0) is 23.9 Å². The summed E-state index contributed by atoms with van der Waals surface area (Å²) in [5, 5.41) is 3.04. The van der Waals surface area contributed by atoms with E-state index in [2.05, 4.69) is 10.2 Å². The van der Waals surface area contributed by atoms with Gasteiger partial charge in [0.05, 0.1) is 31.0 Å². The van der Waals surface area contributed by atoms with Gasteiger partial charge in [-0.1, -0.05) is 48.6 Å². The normalized spacial score (nSPS) is 16.5. The quantitative estimate of drug-likeness (QED) is 0.150. The van der Waals surface area contributed by atoms with Gasteiger partial charge in [0.25, 0.3) is 0 Å². The van der Waals surface area contributed by atoms with E-state index in [0.29, 0.717) is 31.0 Å². The average Bonchev–Trinajstić information content (AvgIpc) is 3.50. The molecule has 11 heteroatoms. The number of nitrogens with zero attached hydrogens (tertiary/aromatic N) is 3. The predicted molar refractivity (Wildman–Crippen MR) is 181 cm³/mol. The first-order chi connectivity index (χ1) is 23.5. The Bertz CT molecular complexity index is 1940. The third-order valence-corrected chi connectivity index (χ3v) is 9.38. The summed E-state index contributed by atoms with van der Waals surface area (Å²) >= 11 is 0. The van der Waals surface area contributed by atoms with E-state index in [4.69, 9.17) is 19.4 Å². The Morgan fingerprint density at radius 2 is 1.63 bits per heavy atom. The summed E-state index contributed by atoms with van der Waals surface area (Å²) in [5.74, 6) is 1.27. The first-order valence-electron chi connectivity index (χ1n) is 16.1. The Kier molecular flexibility index (Phi) is 9.56. The van der Waals surface area contributed by atoms with Crippen LogP contribution in [0.2, 0.25) is 0 Å². The molecule has 0 spiro atoms. The number of aldehydes is 1. The van der Waals surface area contributed by atoms with Gasteiger partial charge in [-0.05, 0) is 65.8 Å². The number of carbonyl (C=O) groups is 2. The number of hydrogen-bond donors (Lipinski definition) is 1. The first-order valence-corrected chi connectivity index (χ1v) is 16.1. The summed E-state index contributed by atoms with van der Waals surface area (Å²) in [5.41, 5.74) is 6.01. The lowest BCUT2D eigenvalue weighted by Crippen LogP contribution is -2.41. The van der Waals surface area contributed by atoms with Gasteiger partial charge in [0, 0.05) is 49.6 Å². The molecule has 0 saturated carbocycles. The van der Waals surface area contributed by atoms with Crippen molar-refractivity contribution in [2.24, 2.45) is 0 Å². The van der Waals surface area contributed by atoms with Crippen LogP contribution in [0.5, 0.6) is 11.6 Å². The third-order valence-electron chi connectivity index (χ3n) is 9.38. The van der Waals surface area contributed by atoms with Crippen molar-refractivity contribution in [1.82, 2.24) is 20.2 Å². The van der Waals surface area contributed by atoms with Gasteiger partial charge < -0.3 is 14.8 Å². The third kappa shape index (κ3) is 6.94. The van der Waals surface area contributed by atoms with Gasteiger partial charge in [-0.2, -0.15) is 18.2 Å². The standard InChI is InChI=1S/C38H37F3N4O4/c1-22-24(11-12-25-18-34(48-3)26(21-46)17-32(25)38(39,40)41)7-5-8-28(22)29-9-6-10-30(23(29)2)36-43-33-15-16-45(19-27-13-14-35(47)42-27)20-31(33)37(44-36)49-4/h5-12,17-18,21,27H,13-16,19-20H2,1-4H3,(H,42,47)/b12-11+/t27-/m1/s1. The lowest BCUT2D eigenvalue weighted by atomic mass is 9.90. The predicted octanol–water partition coefficient (Wildman–Crippen LogP) is 7.08. The molecule has 0 aliphatic carbocycles.